The number of hydrogen-bond acceptors (Lipinski definition) is 4. The number of carbonyl (C=O) groups excluding carboxylic acids is 1. The largest absolute Gasteiger partial charge is 0.423 e. The molecule has 0 saturated carbocycles. The first kappa shape index (κ1) is 10.8. The molecular weight excluding hydrogens is 230 g/mol. The Labute approximate surface area is 104 Å². The van der Waals surface area contributed by atoms with Crippen molar-refractivity contribution in [1.29, 1.82) is 0 Å². The predicted octanol–water partition coefficient (Wildman–Crippen LogP) is 2.19. The number of amides is 1. The van der Waals surface area contributed by atoms with Crippen LogP contribution in [-0.2, 0) is 11.2 Å². The van der Waals surface area contributed by atoms with Crippen molar-refractivity contribution in [3.05, 3.63) is 29.5 Å². The van der Waals surface area contributed by atoms with E-state index in [-0.39, 0.29) is 5.91 Å². The molecule has 0 bridgehead atoms. The number of benzene rings is 1. The summed E-state index contributed by atoms with van der Waals surface area (Å²) in [6.07, 6.45) is 0.426. The van der Waals surface area contributed by atoms with Crippen molar-refractivity contribution in [2.24, 2.45) is 0 Å². The molecule has 0 fully saturated rings. The number of carbonyl (C=O) groups is 1. The van der Waals surface area contributed by atoms with Crippen LogP contribution >= 0.6 is 0 Å². The minimum absolute atomic E-state index is 0.0346. The van der Waals surface area contributed by atoms with Crippen LogP contribution in [-0.4, -0.2) is 17.9 Å². The number of rotatable bonds is 2. The minimum Gasteiger partial charge on any atom is -0.423 e. The predicted molar refractivity (Wildman–Crippen MR) is 68.6 cm³/mol. The third-order valence-electron chi connectivity index (χ3n) is 3.00. The van der Waals surface area contributed by atoms with Crippen molar-refractivity contribution in [3.63, 3.8) is 0 Å². The lowest BCUT2D eigenvalue weighted by Gasteiger charge is -2.02. The molecule has 0 aliphatic carbocycles. The van der Waals surface area contributed by atoms with Crippen LogP contribution in [0.3, 0.4) is 0 Å². The van der Waals surface area contributed by atoms with Crippen molar-refractivity contribution < 1.29 is 9.21 Å². The van der Waals surface area contributed by atoms with E-state index in [1.807, 2.05) is 25.1 Å². The lowest BCUT2D eigenvalue weighted by Crippen LogP contribution is -2.03. The highest BCUT2D eigenvalue weighted by Crippen LogP contribution is 2.31. The van der Waals surface area contributed by atoms with Gasteiger partial charge < -0.3 is 15.1 Å². The molecular formula is C13H13N3O2. The second-order valence-corrected chi connectivity index (χ2v) is 4.28. The van der Waals surface area contributed by atoms with Gasteiger partial charge in [-0.1, -0.05) is 0 Å². The first-order chi connectivity index (χ1) is 8.67. The maximum absolute atomic E-state index is 11.3. The monoisotopic (exact) mass is 243 g/mol. The molecule has 0 atom stereocenters. The van der Waals surface area contributed by atoms with E-state index in [4.69, 9.17) is 4.42 Å². The van der Waals surface area contributed by atoms with Gasteiger partial charge in [0.1, 0.15) is 0 Å². The Morgan fingerprint density at radius 1 is 1.44 bits per heavy atom. The van der Waals surface area contributed by atoms with Gasteiger partial charge in [-0.3, -0.25) is 4.79 Å². The van der Waals surface area contributed by atoms with E-state index in [9.17, 15) is 4.79 Å². The molecule has 1 aromatic carbocycles. The summed E-state index contributed by atoms with van der Waals surface area (Å²) in [5.74, 6) is 0.772. The zero-order valence-electron chi connectivity index (χ0n) is 10.2. The van der Waals surface area contributed by atoms with Gasteiger partial charge in [-0.25, -0.2) is 0 Å². The van der Waals surface area contributed by atoms with Crippen LogP contribution in [0.4, 0.5) is 11.7 Å². The highest BCUT2D eigenvalue weighted by atomic mass is 16.4. The molecule has 3 rings (SSSR count). The highest BCUT2D eigenvalue weighted by molar-refractivity contribution is 5.99. The summed E-state index contributed by atoms with van der Waals surface area (Å²) in [5.41, 5.74) is 3.65. The van der Waals surface area contributed by atoms with Gasteiger partial charge in [0, 0.05) is 18.3 Å². The third-order valence-corrected chi connectivity index (χ3v) is 3.00. The SMILES string of the molecule is CNc1nc(C)c(-c2ccc3c(c2)CC(=O)N3)o1. The van der Waals surface area contributed by atoms with E-state index in [1.54, 1.807) is 7.05 Å². The Kier molecular flexibility index (Phi) is 2.33. The number of oxazole rings is 1. The van der Waals surface area contributed by atoms with Gasteiger partial charge in [0.25, 0.3) is 6.01 Å². The van der Waals surface area contributed by atoms with Crippen LogP contribution in [0.1, 0.15) is 11.3 Å². The molecule has 2 heterocycles. The Hall–Kier alpha value is -2.30. The summed E-state index contributed by atoms with van der Waals surface area (Å²) in [5, 5.41) is 5.68. The highest BCUT2D eigenvalue weighted by Gasteiger charge is 2.19. The molecule has 92 valence electrons. The number of anilines is 2. The van der Waals surface area contributed by atoms with E-state index < -0.39 is 0 Å². The fourth-order valence-electron chi connectivity index (χ4n) is 2.14. The van der Waals surface area contributed by atoms with Gasteiger partial charge >= 0.3 is 0 Å². The topological polar surface area (TPSA) is 67.2 Å². The first-order valence-corrected chi connectivity index (χ1v) is 5.75. The smallest absolute Gasteiger partial charge is 0.295 e. The maximum Gasteiger partial charge on any atom is 0.295 e. The second kappa shape index (κ2) is 3.87. The van der Waals surface area contributed by atoms with E-state index in [2.05, 4.69) is 15.6 Å². The number of nitrogens with zero attached hydrogens (tertiary/aromatic N) is 1. The van der Waals surface area contributed by atoms with Gasteiger partial charge in [-0.2, -0.15) is 4.98 Å². The quantitative estimate of drug-likeness (QED) is 0.848. The van der Waals surface area contributed by atoms with E-state index in [0.29, 0.717) is 12.4 Å². The standard InChI is InChI=1S/C13H13N3O2/c1-7-12(18-13(14-2)15-7)8-3-4-10-9(5-8)6-11(17)16-10/h3-5H,6H2,1-2H3,(H,14,15)(H,16,17). The molecule has 1 aliphatic rings. The molecule has 1 aromatic heterocycles. The Balaban J connectivity index is 2.05. The first-order valence-electron chi connectivity index (χ1n) is 5.75. The van der Waals surface area contributed by atoms with Gasteiger partial charge in [0.2, 0.25) is 5.91 Å². The van der Waals surface area contributed by atoms with E-state index >= 15 is 0 Å². The van der Waals surface area contributed by atoms with Crippen molar-refractivity contribution in [2.75, 3.05) is 17.7 Å². The number of aryl methyl sites for hydroxylation is 1. The van der Waals surface area contributed by atoms with Crippen molar-refractivity contribution in [3.8, 4) is 11.3 Å². The van der Waals surface area contributed by atoms with Gasteiger partial charge in [-0.05, 0) is 30.7 Å². The Bertz CT molecular complexity index is 631. The zero-order chi connectivity index (χ0) is 12.7. The molecule has 0 saturated heterocycles. The van der Waals surface area contributed by atoms with Crippen LogP contribution < -0.4 is 10.6 Å². The molecule has 5 heteroatoms. The fourth-order valence-corrected chi connectivity index (χ4v) is 2.14. The average Bonchev–Trinajstić information content (AvgIpc) is 2.89. The molecule has 0 unspecified atom stereocenters. The van der Waals surface area contributed by atoms with Crippen molar-refractivity contribution >= 4 is 17.6 Å². The second-order valence-electron chi connectivity index (χ2n) is 4.28. The Morgan fingerprint density at radius 2 is 2.28 bits per heavy atom. The lowest BCUT2D eigenvalue weighted by molar-refractivity contribution is -0.115. The number of hydrogen-bond donors (Lipinski definition) is 2. The summed E-state index contributed by atoms with van der Waals surface area (Å²) in [6, 6.07) is 6.30. The fraction of sp³-hybridized carbons (Fsp3) is 0.231. The zero-order valence-corrected chi connectivity index (χ0v) is 10.2. The number of aromatic nitrogens is 1. The summed E-state index contributed by atoms with van der Waals surface area (Å²) in [6.45, 7) is 1.90. The van der Waals surface area contributed by atoms with E-state index in [0.717, 1.165) is 28.3 Å². The summed E-state index contributed by atoms with van der Waals surface area (Å²) in [4.78, 5) is 15.6. The number of fused-ring (bicyclic) bond motifs is 1. The molecule has 1 aliphatic heterocycles. The summed E-state index contributed by atoms with van der Waals surface area (Å²) < 4.78 is 5.61. The summed E-state index contributed by atoms with van der Waals surface area (Å²) in [7, 11) is 1.76. The minimum atomic E-state index is 0.0346. The van der Waals surface area contributed by atoms with Gasteiger partial charge in [0.15, 0.2) is 5.76 Å². The van der Waals surface area contributed by atoms with Crippen molar-refractivity contribution in [1.82, 2.24) is 4.98 Å². The molecule has 0 radical (unpaired) electrons. The lowest BCUT2D eigenvalue weighted by atomic mass is 10.1. The molecule has 2 aromatic rings. The Morgan fingerprint density at radius 3 is 3.00 bits per heavy atom. The maximum atomic E-state index is 11.3. The van der Waals surface area contributed by atoms with Crippen LogP contribution in [0.5, 0.6) is 0 Å². The van der Waals surface area contributed by atoms with Crippen LogP contribution in [0, 0.1) is 6.92 Å². The van der Waals surface area contributed by atoms with Crippen molar-refractivity contribution in [2.45, 2.75) is 13.3 Å². The molecule has 0 spiro atoms. The molecule has 1 amide bonds. The molecule has 18 heavy (non-hydrogen) atoms. The normalized spacial score (nSPS) is 13.3. The van der Waals surface area contributed by atoms with Gasteiger partial charge in [0.05, 0.1) is 12.1 Å². The molecule has 5 nitrogen and oxygen atoms in total. The summed E-state index contributed by atoms with van der Waals surface area (Å²) >= 11 is 0. The number of nitrogens with one attached hydrogen (secondary N) is 2. The van der Waals surface area contributed by atoms with Gasteiger partial charge in [-0.15, -0.1) is 0 Å². The average molecular weight is 243 g/mol. The molecule has 2 N–H and O–H groups in total. The van der Waals surface area contributed by atoms with E-state index in [1.165, 1.54) is 0 Å². The van der Waals surface area contributed by atoms with Crippen LogP contribution in [0.2, 0.25) is 0 Å². The van der Waals surface area contributed by atoms with Crippen LogP contribution in [0.25, 0.3) is 11.3 Å². The van der Waals surface area contributed by atoms with Crippen LogP contribution in [0.15, 0.2) is 22.6 Å². The third kappa shape index (κ3) is 1.64.